The SMILES string of the molecule is CCOC(=O)C1=C(COCCNc2n[nH]c(N)n2)N=C(CF)C(C(=O)OC)C1c1c(F)c(F)cc(F)c1F. The number of rotatable bonds is 11. The number of alkyl halides is 1. The molecule has 1 aliphatic rings. The largest absolute Gasteiger partial charge is 0.468 e. The minimum absolute atomic E-state index is 0.0408. The summed E-state index contributed by atoms with van der Waals surface area (Å²) < 4.78 is 87.4. The summed E-state index contributed by atoms with van der Waals surface area (Å²) in [5.41, 5.74) is 2.46. The summed E-state index contributed by atoms with van der Waals surface area (Å²) in [5, 5.41) is 8.92. The van der Waals surface area contributed by atoms with Crippen molar-refractivity contribution in [3.05, 3.63) is 46.2 Å². The number of nitrogens with two attached hydrogens (primary N) is 1. The quantitative estimate of drug-likeness (QED) is 0.167. The molecule has 1 aromatic carbocycles. The minimum atomic E-state index is -2.09. The summed E-state index contributed by atoms with van der Waals surface area (Å²) in [7, 11) is 0.898. The Labute approximate surface area is 212 Å². The molecule has 0 aliphatic carbocycles. The highest BCUT2D eigenvalue weighted by Gasteiger charge is 2.47. The van der Waals surface area contributed by atoms with Crippen molar-refractivity contribution in [2.75, 3.05) is 51.2 Å². The number of carbonyl (C=O) groups is 2. The van der Waals surface area contributed by atoms with Gasteiger partial charge in [0.15, 0.2) is 23.3 Å². The van der Waals surface area contributed by atoms with Gasteiger partial charge in [0.2, 0.25) is 11.9 Å². The van der Waals surface area contributed by atoms with Gasteiger partial charge in [-0.15, -0.1) is 5.10 Å². The molecule has 2 atom stereocenters. The van der Waals surface area contributed by atoms with Crippen LogP contribution in [0.25, 0.3) is 0 Å². The van der Waals surface area contributed by atoms with Crippen LogP contribution in [0, 0.1) is 29.2 Å². The van der Waals surface area contributed by atoms with Crippen LogP contribution < -0.4 is 11.1 Å². The van der Waals surface area contributed by atoms with Crippen molar-refractivity contribution in [2.24, 2.45) is 10.9 Å². The summed E-state index contributed by atoms with van der Waals surface area (Å²) >= 11 is 0. The molecule has 0 amide bonds. The van der Waals surface area contributed by atoms with Gasteiger partial charge >= 0.3 is 11.9 Å². The summed E-state index contributed by atoms with van der Waals surface area (Å²) in [4.78, 5) is 33.4. The molecule has 0 saturated heterocycles. The lowest BCUT2D eigenvalue weighted by molar-refractivity contribution is -0.144. The first kappa shape index (κ1) is 28.5. The van der Waals surface area contributed by atoms with Gasteiger partial charge in [-0.05, 0) is 6.92 Å². The highest BCUT2D eigenvalue weighted by Crippen LogP contribution is 2.43. The first-order valence-electron chi connectivity index (χ1n) is 11.1. The van der Waals surface area contributed by atoms with Crippen molar-refractivity contribution in [1.29, 1.82) is 0 Å². The molecule has 0 fully saturated rings. The molecular formula is C22H23F5N6O5. The van der Waals surface area contributed by atoms with Gasteiger partial charge in [-0.25, -0.2) is 31.8 Å². The summed E-state index contributed by atoms with van der Waals surface area (Å²) in [6.07, 6.45) is 0. The summed E-state index contributed by atoms with van der Waals surface area (Å²) in [5.74, 6) is -13.7. The first-order valence-corrected chi connectivity index (χ1v) is 11.1. The minimum Gasteiger partial charge on any atom is -0.468 e. The van der Waals surface area contributed by atoms with E-state index in [1.165, 1.54) is 6.92 Å². The Balaban J connectivity index is 2.07. The van der Waals surface area contributed by atoms with E-state index in [9.17, 15) is 31.5 Å². The number of halogens is 5. The third-order valence-electron chi connectivity index (χ3n) is 5.41. The van der Waals surface area contributed by atoms with Crippen LogP contribution in [0.3, 0.4) is 0 Å². The molecule has 0 radical (unpaired) electrons. The van der Waals surface area contributed by atoms with E-state index in [1.54, 1.807) is 0 Å². The highest BCUT2D eigenvalue weighted by molar-refractivity contribution is 6.08. The van der Waals surface area contributed by atoms with Gasteiger partial charge in [0.05, 0.1) is 43.9 Å². The van der Waals surface area contributed by atoms with E-state index in [0.29, 0.717) is 0 Å². The number of methoxy groups -OCH3 is 1. The lowest BCUT2D eigenvalue weighted by atomic mass is 9.75. The molecule has 0 saturated carbocycles. The zero-order valence-corrected chi connectivity index (χ0v) is 20.1. The lowest BCUT2D eigenvalue weighted by Gasteiger charge is -2.32. The van der Waals surface area contributed by atoms with E-state index in [2.05, 4.69) is 30.2 Å². The second-order valence-corrected chi connectivity index (χ2v) is 7.70. The number of ether oxygens (including phenoxy) is 3. The molecule has 206 valence electrons. The fraction of sp³-hybridized carbons (Fsp3) is 0.409. The molecule has 2 heterocycles. The maximum atomic E-state index is 15.0. The molecule has 1 aromatic heterocycles. The topological polar surface area (TPSA) is 154 Å². The van der Waals surface area contributed by atoms with Crippen molar-refractivity contribution in [3.8, 4) is 0 Å². The Morgan fingerprint density at radius 1 is 1.18 bits per heavy atom. The number of benzene rings is 1. The van der Waals surface area contributed by atoms with E-state index in [4.69, 9.17) is 15.2 Å². The predicted molar refractivity (Wildman–Crippen MR) is 122 cm³/mol. The number of hydrogen-bond acceptors (Lipinski definition) is 10. The molecule has 4 N–H and O–H groups in total. The van der Waals surface area contributed by atoms with Crippen LogP contribution in [0.2, 0.25) is 0 Å². The zero-order chi connectivity index (χ0) is 28.0. The third kappa shape index (κ3) is 5.90. The molecular weight excluding hydrogens is 523 g/mol. The first-order chi connectivity index (χ1) is 18.1. The normalized spacial score (nSPS) is 17.3. The van der Waals surface area contributed by atoms with Gasteiger partial charge in [0.25, 0.3) is 0 Å². The molecule has 0 bridgehead atoms. The highest BCUT2D eigenvalue weighted by atomic mass is 19.2. The predicted octanol–water partition coefficient (Wildman–Crippen LogP) is 2.19. The second kappa shape index (κ2) is 12.4. The number of H-pyrrole nitrogens is 1. The Kier molecular flexibility index (Phi) is 9.33. The van der Waals surface area contributed by atoms with Crippen molar-refractivity contribution >= 4 is 29.5 Å². The molecule has 38 heavy (non-hydrogen) atoms. The van der Waals surface area contributed by atoms with Crippen molar-refractivity contribution in [3.63, 3.8) is 0 Å². The number of carbonyl (C=O) groups excluding carboxylic acids is 2. The van der Waals surface area contributed by atoms with Crippen LogP contribution in [0.5, 0.6) is 0 Å². The number of aromatic nitrogens is 3. The number of aliphatic imine (C=N–C) groups is 1. The van der Waals surface area contributed by atoms with Crippen LogP contribution in [0.4, 0.5) is 33.8 Å². The van der Waals surface area contributed by atoms with E-state index in [1.807, 2.05) is 0 Å². The number of anilines is 2. The fourth-order valence-corrected chi connectivity index (χ4v) is 3.85. The lowest BCUT2D eigenvalue weighted by Crippen LogP contribution is -2.40. The fourth-order valence-electron chi connectivity index (χ4n) is 3.85. The zero-order valence-electron chi connectivity index (χ0n) is 20.1. The standard InChI is InChI=1S/C22H23F5N6O5/c1-3-38-20(35)14-12(8-37-5-4-29-22-31-21(28)32-33-22)30-11(7-23)13(19(34)36-2)15(14)16-17(26)9(24)6-10(25)18(16)27/h6,13,15H,3-5,7-8H2,1-2H3,(H4,28,29,31,32,33). The summed E-state index contributed by atoms with van der Waals surface area (Å²) in [6, 6.07) is -0.0408. The number of nitrogen functional groups attached to an aromatic ring is 1. The van der Waals surface area contributed by atoms with Crippen LogP contribution in [-0.4, -0.2) is 73.0 Å². The Morgan fingerprint density at radius 2 is 1.87 bits per heavy atom. The van der Waals surface area contributed by atoms with Crippen LogP contribution in [0.15, 0.2) is 22.3 Å². The Morgan fingerprint density at radius 3 is 2.42 bits per heavy atom. The molecule has 1 aliphatic heterocycles. The Hall–Kier alpha value is -4.08. The smallest absolute Gasteiger partial charge is 0.336 e. The number of nitrogens with zero attached hydrogens (tertiary/aromatic N) is 3. The average molecular weight is 546 g/mol. The van der Waals surface area contributed by atoms with Crippen molar-refractivity contribution in [1.82, 2.24) is 15.2 Å². The monoisotopic (exact) mass is 546 g/mol. The number of aromatic amines is 1. The summed E-state index contributed by atoms with van der Waals surface area (Å²) in [6.45, 7) is -0.725. The van der Waals surface area contributed by atoms with Crippen LogP contribution >= 0.6 is 0 Å². The Bertz CT molecular complexity index is 1240. The van der Waals surface area contributed by atoms with Crippen LogP contribution in [0.1, 0.15) is 18.4 Å². The number of hydrogen-bond donors (Lipinski definition) is 3. The van der Waals surface area contributed by atoms with Gasteiger partial charge in [0.1, 0.15) is 12.6 Å². The van der Waals surface area contributed by atoms with Gasteiger partial charge < -0.3 is 25.3 Å². The number of nitrogens with one attached hydrogen (secondary N) is 2. The molecule has 16 heteroatoms. The third-order valence-corrected chi connectivity index (χ3v) is 5.41. The van der Waals surface area contributed by atoms with E-state index in [0.717, 1.165) is 7.11 Å². The van der Waals surface area contributed by atoms with Crippen molar-refractivity contribution in [2.45, 2.75) is 12.8 Å². The van der Waals surface area contributed by atoms with Gasteiger partial charge in [-0.3, -0.25) is 9.79 Å². The molecule has 3 rings (SSSR count). The van der Waals surface area contributed by atoms with Crippen molar-refractivity contribution < 1.29 is 45.8 Å². The average Bonchev–Trinajstić information content (AvgIpc) is 3.31. The number of esters is 2. The molecule has 2 unspecified atom stereocenters. The van der Waals surface area contributed by atoms with Gasteiger partial charge in [-0.1, -0.05) is 0 Å². The van der Waals surface area contributed by atoms with Gasteiger partial charge in [0, 0.05) is 24.1 Å². The van der Waals surface area contributed by atoms with Gasteiger partial charge in [-0.2, -0.15) is 4.98 Å². The van der Waals surface area contributed by atoms with E-state index in [-0.39, 0.29) is 43.4 Å². The van der Waals surface area contributed by atoms with E-state index >= 15 is 0 Å². The maximum Gasteiger partial charge on any atom is 0.336 e. The molecule has 11 nitrogen and oxygen atoms in total. The second-order valence-electron chi connectivity index (χ2n) is 7.70. The van der Waals surface area contributed by atoms with E-state index < -0.39 is 77.2 Å². The van der Waals surface area contributed by atoms with Crippen LogP contribution in [-0.2, 0) is 23.8 Å². The molecule has 0 spiro atoms. The molecule has 2 aromatic rings. The maximum absolute atomic E-state index is 15.0.